The lowest BCUT2D eigenvalue weighted by Crippen LogP contribution is -1.98. The summed E-state index contributed by atoms with van der Waals surface area (Å²) in [6, 6.07) is 0. The van der Waals surface area contributed by atoms with Crippen LogP contribution in [0, 0.1) is 0 Å². The Balaban J connectivity index is 4.14. The average molecular weight is 138 g/mol. The lowest BCUT2D eigenvalue weighted by Gasteiger charge is -1.97. The van der Waals surface area contributed by atoms with Crippen molar-refractivity contribution in [2.45, 2.75) is 26.9 Å². The highest BCUT2D eigenvalue weighted by atomic mass is 16.3. The van der Waals surface area contributed by atoms with E-state index in [4.69, 9.17) is 5.11 Å². The van der Waals surface area contributed by atoms with Crippen LogP contribution in [0.15, 0.2) is 29.5 Å². The number of allylic oxidation sites excluding steroid dienone is 2. The molecule has 0 saturated carbocycles. The minimum Gasteiger partial charge on any atom is -0.388 e. The van der Waals surface area contributed by atoms with Crippen molar-refractivity contribution < 1.29 is 5.11 Å². The maximum atomic E-state index is 8.98. The fourth-order valence-corrected chi connectivity index (χ4v) is 0.396. The highest BCUT2D eigenvalue weighted by Crippen LogP contribution is 1.95. The second kappa shape index (κ2) is 5.04. The largest absolute Gasteiger partial charge is 0.388 e. The average Bonchev–Trinajstić information content (AvgIpc) is 1.88. The molecule has 0 saturated heterocycles. The van der Waals surface area contributed by atoms with Crippen molar-refractivity contribution in [3.63, 3.8) is 0 Å². The second-order valence-corrected chi connectivity index (χ2v) is 2.20. The van der Waals surface area contributed by atoms with Gasteiger partial charge in [0.2, 0.25) is 0 Å². The lowest BCUT2D eigenvalue weighted by atomic mass is 10.2. The summed E-state index contributed by atoms with van der Waals surface area (Å²) in [6.45, 7) is 5.52. The molecule has 0 unspecified atom stereocenters. The molecule has 0 amide bonds. The van der Waals surface area contributed by atoms with Gasteiger partial charge in [0.1, 0.15) is 0 Å². The normalized spacial score (nSPS) is 12.8. The lowest BCUT2D eigenvalue weighted by molar-refractivity contribution is 0.232. The Bertz CT molecular complexity index is 169. The molecule has 0 fully saturated rings. The summed E-state index contributed by atoms with van der Waals surface area (Å²) in [5.41, 5.74) is 3.80. The number of hydrogen-bond acceptors (Lipinski definition) is 1. The van der Waals surface area contributed by atoms with Crippen molar-refractivity contribution in [2.75, 3.05) is 0 Å². The smallest absolute Gasteiger partial charge is 0.0792 e. The van der Waals surface area contributed by atoms with Crippen LogP contribution in [-0.2, 0) is 0 Å². The minimum absolute atomic E-state index is 0.387. The van der Waals surface area contributed by atoms with E-state index >= 15 is 0 Å². The van der Waals surface area contributed by atoms with E-state index in [0.29, 0.717) is 0 Å². The van der Waals surface area contributed by atoms with Crippen molar-refractivity contribution in [1.29, 1.82) is 0 Å². The van der Waals surface area contributed by atoms with Gasteiger partial charge in [-0.3, -0.25) is 0 Å². The fourth-order valence-electron chi connectivity index (χ4n) is 0.396. The topological polar surface area (TPSA) is 20.2 Å². The first-order valence-corrected chi connectivity index (χ1v) is 3.41. The van der Waals surface area contributed by atoms with Gasteiger partial charge in [-0.2, -0.15) is 0 Å². The van der Waals surface area contributed by atoms with Crippen LogP contribution in [0.3, 0.4) is 0 Å². The molecule has 0 aliphatic rings. The molecule has 0 heterocycles. The molecule has 1 atom stereocenters. The Morgan fingerprint density at radius 3 is 2.60 bits per heavy atom. The van der Waals surface area contributed by atoms with Gasteiger partial charge in [0.15, 0.2) is 0 Å². The zero-order valence-electron chi connectivity index (χ0n) is 6.76. The molecule has 0 rings (SSSR count). The van der Waals surface area contributed by atoms with Gasteiger partial charge < -0.3 is 5.11 Å². The zero-order valence-corrected chi connectivity index (χ0v) is 6.76. The van der Waals surface area contributed by atoms with Crippen LogP contribution in [0.5, 0.6) is 0 Å². The third-order valence-corrected chi connectivity index (χ3v) is 1.23. The molecular weight excluding hydrogens is 124 g/mol. The molecule has 0 aliphatic heterocycles. The Kier molecular flexibility index (Phi) is 4.65. The van der Waals surface area contributed by atoms with Crippen molar-refractivity contribution in [1.82, 2.24) is 0 Å². The van der Waals surface area contributed by atoms with E-state index in [1.807, 2.05) is 26.0 Å². The van der Waals surface area contributed by atoms with Crippen LogP contribution in [0.2, 0.25) is 0 Å². The quantitative estimate of drug-likeness (QED) is 0.457. The third-order valence-electron chi connectivity index (χ3n) is 1.23. The predicted octanol–water partition coefficient (Wildman–Crippen LogP) is 2.04. The van der Waals surface area contributed by atoms with E-state index in [1.54, 1.807) is 13.0 Å². The zero-order chi connectivity index (χ0) is 7.98. The van der Waals surface area contributed by atoms with Gasteiger partial charge >= 0.3 is 0 Å². The molecular formula is C9H14O. The summed E-state index contributed by atoms with van der Waals surface area (Å²) < 4.78 is 0. The molecule has 0 aromatic carbocycles. The maximum absolute atomic E-state index is 8.98. The summed E-state index contributed by atoms with van der Waals surface area (Å²) in [5.74, 6) is 0. The van der Waals surface area contributed by atoms with Gasteiger partial charge in [-0.25, -0.2) is 0 Å². The van der Waals surface area contributed by atoms with Crippen LogP contribution in [0.1, 0.15) is 20.8 Å². The van der Waals surface area contributed by atoms with Crippen LogP contribution in [0.25, 0.3) is 0 Å². The van der Waals surface area contributed by atoms with Crippen molar-refractivity contribution in [3.8, 4) is 0 Å². The molecule has 0 bridgehead atoms. The second-order valence-electron chi connectivity index (χ2n) is 2.20. The van der Waals surface area contributed by atoms with Crippen molar-refractivity contribution >= 4 is 0 Å². The van der Waals surface area contributed by atoms with Gasteiger partial charge in [-0.15, -0.1) is 5.73 Å². The monoisotopic (exact) mass is 138 g/mol. The third kappa shape index (κ3) is 4.13. The molecule has 1 heteroatoms. The van der Waals surface area contributed by atoms with Crippen LogP contribution < -0.4 is 0 Å². The highest BCUT2D eigenvalue weighted by Gasteiger charge is 1.92. The number of aliphatic hydroxyl groups is 1. The Hall–Kier alpha value is -0.780. The van der Waals surface area contributed by atoms with Gasteiger partial charge in [-0.1, -0.05) is 12.2 Å². The van der Waals surface area contributed by atoms with Gasteiger partial charge in [0.05, 0.1) is 6.10 Å². The Labute approximate surface area is 62.4 Å². The van der Waals surface area contributed by atoms with Gasteiger partial charge in [-0.05, 0) is 32.4 Å². The van der Waals surface area contributed by atoms with Crippen LogP contribution in [-0.4, -0.2) is 11.2 Å². The van der Waals surface area contributed by atoms with E-state index in [0.717, 1.165) is 5.57 Å². The minimum atomic E-state index is -0.387. The predicted molar refractivity (Wildman–Crippen MR) is 43.8 cm³/mol. The first kappa shape index (κ1) is 9.22. The van der Waals surface area contributed by atoms with Crippen LogP contribution in [0.4, 0.5) is 0 Å². The number of aliphatic hydroxyl groups excluding tert-OH is 1. The summed E-state index contributed by atoms with van der Waals surface area (Å²) in [7, 11) is 0. The first-order valence-electron chi connectivity index (χ1n) is 3.41. The first-order chi connectivity index (χ1) is 4.68. The molecule has 0 aromatic rings. The van der Waals surface area contributed by atoms with Crippen molar-refractivity contribution in [2.24, 2.45) is 0 Å². The molecule has 1 nitrogen and oxygen atoms in total. The standard InChI is InChI=1S/C9H14O/c1-4-5-6-7-8(2)9(3)10/h4-6,9-10H,1-3H3/b5-4+/t7?,9-/m0/s1. The van der Waals surface area contributed by atoms with E-state index in [2.05, 4.69) is 5.73 Å². The Morgan fingerprint density at radius 1 is 1.60 bits per heavy atom. The Morgan fingerprint density at radius 2 is 2.20 bits per heavy atom. The molecule has 1 N–H and O–H groups in total. The van der Waals surface area contributed by atoms with Gasteiger partial charge in [0, 0.05) is 0 Å². The molecule has 0 aromatic heterocycles. The summed E-state index contributed by atoms with van der Waals surface area (Å²) in [4.78, 5) is 0. The van der Waals surface area contributed by atoms with Gasteiger partial charge in [0.25, 0.3) is 0 Å². The van der Waals surface area contributed by atoms with E-state index < -0.39 is 0 Å². The van der Waals surface area contributed by atoms with E-state index in [-0.39, 0.29) is 6.10 Å². The highest BCUT2D eigenvalue weighted by molar-refractivity contribution is 5.08. The van der Waals surface area contributed by atoms with Crippen LogP contribution >= 0.6 is 0 Å². The number of rotatable bonds is 2. The fraction of sp³-hybridized carbons (Fsp3) is 0.444. The molecule has 0 radical (unpaired) electrons. The molecule has 0 aliphatic carbocycles. The number of hydrogen-bond donors (Lipinski definition) is 1. The van der Waals surface area contributed by atoms with E-state index in [9.17, 15) is 0 Å². The molecule has 10 heavy (non-hydrogen) atoms. The molecule has 56 valence electrons. The summed E-state index contributed by atoms with van der Waals surface area (Å²) >= 11 is 0. The van der Waals surface area contributed by atoms with Crippen molar-refractivity contribution in [3.05, 3.63) is 29.5 Å². The molecule has 0 spiro atoms. The van der Waals surface area contributed by atoms with E-state index in [1.165, 1.54) is 0 Å². The maximum Gasteiger partial charge on any atom is 0.0792 e. The summed E-state index contributed by atoms with van der Waals surface area (Å²) in [6.07, 6.45) is 5.21. The SMILES string of the molecule is C/C=C/C=C=C(C)[C@H](C)O. The summed E-state index contributed by atoms with van der Waals surface area (Å²) in [5, 5.41) is 8.98.